The van der Waals surface area contributed by atoms with Crippen molar-refractivity contribution in [3.63, 3.8) is 0 Å². The maximum Gasteiger partial charge on any atom is 0.139 e. The quantitative estimate of drug-likeness (QED) is 0.681. The van der Waals surface area contributed by atoms with Gasteiger partial charge in [0.2, 0.25) is 0 Å². The Morgan fingerprint density at radius 2 is 1.77 bits per heavy atom. The van der Waals surface area contributed by atoms with E-state index in [9.17, 15) is 5.11 Å². The van der Waals surface area contributed by atoms with Crippen molar-refractivity contribution in [3.8, 4) is 0 Å². The van der Waals surface area contributed by atoms with E-state index in [1.54, 1.807) is 24.3 Å². The summed E-state index contributed by atoms with van der Waals surface area (Å²) < 4.78 is 0. The van der Waals surface area contributed by atoms with Gasteiger partial charge in [-0.05, 0) is 29.1 Å². The summed E-state index contributed by atoms with van der Waals surface area (Å²) in [7, 11) is 0. The van der Waals surface area contributed by atoms with Crippen LogP contribution in [0, 0.1) is 0 Å². The second-order valence-electron chi connectivity index (χ2n) is 4.97. The molecule has 0 aliphatic rings. The maximum absolute atomic E-state index is 10.2. The fourth-order valence-electron chi connectivity index (χ4n) is 2.25. The molecule has 3 nitrogen and oxygen atoms in total. The number of fused-ring (bicyclic) bond motifs is 1. The number of aromatic nitrogens is 1. The van der Waals surface area contributed by atoms with Crippen LogP contribution in [0.4, 0.5) is 5.82 Å². The summed E-state index contributed by atoms with van der Waals surface area (Å²) in [6.45, 7) is 0.337. The first-order chi connectivity index (χ1) is 10.6. The van der Waals surface area contributed by atoms with Gasteiger partial charge in [-0.2, -0.15) is 0 Å². The molecule has 0 fully saturated rings. The lowest BCUT2D eigenvalue weighted by atomic mass is 10.1. The summed E-state index contributed by atoms with van der Waals surface area (Å²) in [4.78, 5) is 4.30. The van der Waals surface area contributed by atoms with Gasteiger partial charge < -0.3 is 10.4 Å². The first-order valence-corrected chi connectivity index (χ1v) is 7.62. The Labute approximate surface area is 138 Å². The average molecular weight is 333 g/mol. The highest BCUT2D eigenvalue weighted by molar-refractivity contribution is 6.34. The second-order valence-corrected chi connectivity index (χ2v) is 5.76. The van der Waals surface area contributed by atoms with E-state index < -0.39 is 6.10 Å². The number of nitrogens with one attached hydrogen (secondary N) is 1. The van der Waals surface area contributed by atoms with Crippen LogP contribution < -0.4 is 5.32 Å². The molecule has 0 aliphatic heterocycles. The summed E-state index contributed by atoms with van der Waals surface area (Å²) in [5.41, 5.74) is 0.795. The summed E-state index contributed by atoms with van der Waals surface area (Å²) in [5.74, 6) is 0.636. The fourth-order valence-corrected chi connectivity index (χ4v) is 2.64. The molecule has 0 bridgehead atoms. The van der Waals surface area contributed by atoms with Crippen LogP contribution in [0.15, 0.2) is 54.6 Å². The van der Waals surface area contributed by atoms with Crippen LogP contribution in [-0.2, 0) is 0 Å². The predicted octanol–water partition coefficient (Wildman–Crippen LogP) is 4.69. The highest BCUT2D eigenvalue weighted by Crippen LogP contribution is 2.25. The third-order valence-electron chi connectivity index (χ3n) is 3.43. The van der Waals surface area contributed by atoms with E-state index in [1.807, 2.05) is 30.3 Å². The molecule has 0 saturated carbocycles. The van der Waals surface area contributed by atoms with E-state index in [2.05, 4.69) is 10.3 Å². The Bertz CT molecular complexity index is 790. The Morgan fingerprint density at radius 1 is 1.05 bits per heavy atom. The van der Waals surface area contributed by atoms with Gasteiger partial charge in [0.15, 0.2) is 0 Å². The normalized spacial score (nSPS) is 12.3. The number of benzene rings is 2. The minimum atomic E-state index is -0.649. The Kier molecular flexibility index (Phi) is 4.48. The summed E-state index contributed by atoms with van der Waals surface area (Å²) in [6, 6.07) is 16.8. The largest absolute Gasteiger partial charge is 0.387 e. The van der Waals surface area contributed by atoms with Crippen LogP contribution >= 0.6 is 23.2 Å². The van der Waals surface area contributed by atoms with Gasteiger partial charge in [0.1, 0.15) is 11.0 Å². The Morgan fingerprint density at radius 3 is 2.55 bits per heavy atom. The number of rotatable bonds is 4. The van der Waals surface area contributed by atoms with Crippen LogP contribution in [0.5, 0.6) is 0 Å². The molecule has 0 radical (unpaired) electrons. The smallest absolute Gasteiger partial charge is 0.139 e. The van der Waals surface area contributed by atoms with Gasteiger partial charge in [0.05, 0.1) is 6.10 Å². The predicted molar refractivity (Wildman–Crippen MR) is 91.7 cm³/mol. The molecule has 2 aromatic carbocycles. The number of anilines is 1. The molecule has 0 amide bonds. The molecular weight excluding hydrogens is 319 g/mol. The van der Waals surface area contributed by atoms with Crippen LogP contribution in [0.25, 0.3) is 10.8 Å². The van der Waals surface area contributed by atoms with E-state index in [1.165, 1.54) is 0 Å². The molecule has 0 spiro atoms. The fraction of sp³-hybridized carbons (Fsp3) is 0.118. The lowest BCUT2D eigenvalue weighted by Gasteiger charge is -2.13. The average Bonchev–Trinajstić information content (AvgIpc) is 2.53. The number of halogens is 2. The zero-order chi connectivity index (χ0) is 15.5. The first-order valence-electron chi connectivity index (χ1n) is 6.86. The summed E-state index contributed by atoms with van der Waals surface area (Å²) in [5, 5.41) is 16.3. The van der Waals surface area contributed by atoms with Crippen LogP contribution in [0.3, 0.4) is 0 Å². The third-order valence-corrected chi connectivity index (χ3v) is 3.97. The molecule has 2 N–H and O–H groups in total. The van der Waals surface area contributed by atoms with Crippen molar-refractivity contribution in [3.05, 3.63) is 70.3 Å². The topological polar surface area (TPSA) is 45.1 Å². The third kappa shape index (κ3) is 3.33. The van der Waals surface area contributed by atoms with Crippen molar-refractivity contribution >= 4 is 39.8 Å². The minimum absolute atomic E-state index is 0.337. The minimum Gasteiger partial charge on any atom is -0.387 e. The zero-order valence-corrected chi connectivity index (χ0v) is 13.1. The van der Waals surface area contributed by atoms with Crippen molar-refractivity contribution in [1.82, 2.24) is 4.98 Å². The van der Waals surface area contributed by atoms with Crippen molar-refractivity contribution in [2.75, 3.05) is 11.9 Å². The Balaban J connectivity index is 1.74. The summed E-state index contributed by atoms with van der Waals surface area (Å²) >= 11 is 12.0. The number of nitrogens with zero attached hydrogens (tertiary/aromatic N) is 1. The van der Waals surface area contributed by atoms with Crippen molar-refractivity contribution in [2.24, 2.45) is 0 Å². The standard InChI is InChI=1S/C17H14Cl2N2O/c18-13-7-5-11(6-8-13)15(22)10-20-16-9-12-3-1-2-4-14(12)17(19)21-16/h1-9,15,22H,10H2,(H,20,21)/t15-/m0/s1. The van der Waals surface area contributed by atoms with E-state index in [4.69, 9.17) is 23.2 Å². The maximum atomic E-state index is 10.2. The van der Waals surface area contributed by atoms with Gasteiger partial charge in [0.25, 0.3) is 0 Å². The lowest BCUT2D eigenvalue weighted by Crippen LogP contribution is -2.13. The Hall–Kier alpha value is -1.81. The summed E-state index contributed by atoms with van der Waals surface area (Å²) in [6.07, 6.45) is -0.649. The SMILES string of the molecule is O[C@@H](CNc1cc2ccccc2c(Cl)n1)c1ccc(Cl)cc1. The second kappa shape index (κ2) is 6.53. The number of aliphatic hydroxyl groups excluding tert-OH is 1. The number of hydrogen-bond donors (Lipinski definition) is 2. The molecule has 3 rings (SSSR count). The number of hydrogen-bond acceptors (Lipinski definition) is 3. The van der Waals surface area contributed by atoms with Crippen molar-refractivity contribution < 1.29 is 5.11 Å². The molecule has 1 aromatic heterocycles. The molecule has 1 atom stereocenters. The van der Waals surface area contributed by atoms with Crippen LogP contribution in [0.2, 0.25) is 10.2 Å². The molecule has 0 aliphatic carbocycles. The van der Waals surface area contributed by atoms with E-state index in [0.717, 1.165) is 16.3 Å². The van der Waals surface area contributed by atoms with Gasteiger partial charge in [-0.3, -0.25) is 0 Å². The molecule has 0 saturated heterocycles. The highest BCUT2D eigenvalue weighted by Gasteiger charge is 2.09. The molecule has 0 unspecified atom stereocenters. The number of pyridine rings is 1. The van der Waals surface area contributed by atoms with E-state index in [0.29, 0.717) is 22.5 Å². The van der Waals surface area contributed by atoms with E-state index >= 15 is 0 Å². The monoisotopic (exact) mass is 332 g/mol. The van der Waals surface area contributed by atoms with Crippen LogP contribution in [0.1, 0.15) is 11.7 Å². The van der Waals surface area contributed by atoms with Gasteiger partial charge in [-0.25, -0.2) is 4.98 Å². The molecular formula is C17H14Cl2N2O. The van der Waals surface area contributed by atoms with Crippen molar-refractivity contribution in [1.29, 1.82) is 0 Å². The van der Waals surface area contributed by atoms with Gasteiger partial charge in [0, 0.05) is 17.0 Å². The van der Waals surface area contributed by atoms with Crippen LogP contribution in [-0.4, -0.2) is 16.6 Å². The first kappa shape index (κ1) is 15.1. The lowest BCUT2D eigenvalue weighted by molar-refractivity contribution is 0.191. The molecule has 5 heteroatoms. The van der Waals surface area contributed by atoms with Gasteiger partial charge in [-0.15, -0.1) is 0 Å². The van der Waals surface area contributed by atoms with Gasteiger partial charge >= 0.3 is 0 Å². The van der Waals surface area contributed by atoms with E-state index in [-0.39, 0.29) is 0 Å². The molecule has 22 heavy (non-hydrogen) atoms. The molecule has 112 valence electrons. The highest BCUT2D eigenvalue weighted by atomic mass is 35.5. The molecule has 3 aromatic rings. The van der Waals surface area contributed by atoms with Gasteiger partial charge in [-0.1, -0.05) is 59.6 Å². The molecule has 1 heterocycles. The zero-order valence-electron chi connectivity index (χ0n) is 11.6. The van der Waals surface area contributed by atoms with Crippen molar-refractivity contribution in [2.45, 2.75) is 6.10 Å². The number of aliphatic hydroxyl groups is 1.